The van der Waals surface area contributed by atoms with Crippen LogP contribution in [-0.4, -0.2) is 32.5 Å². The van der Waals surface area contributed by atoms with Crippen LogP contribution in [0.2, 0.25) is 0 Å². The van der Waals surface area contributed by atoms with E-state index < -0.39 is 10.0 Å². The third-order valence-electron chi connectivity index (χ3n) is 2.78. The third kappa shape index (κ3) is 2.85. The van der Waals surface area contributed by atoms with E-state index in [-0.39, 0.29) is 16.6 Å². The number of nitriles is 1. The van der Waals surface area contributed by atoms with Crippen molar-refractivity contribution in [2.75, 3.05) is 13.1 Å². The number of hydrogen-bond donors (Lipinski definition) is 2. The largest absolute Gasteiger partial charge is 0.315 e. The van der Waals surface area contributed by atoms with Crippen molar-refractivity contribution in [3.63, 3.8) is 0 Å². The molecule has 2 N–H and O–H groups in total. The van der Waals surface area contributed by atoms with E-state index in [4.69, 9.17) is 5.26 Å². The molecule has 1 fully saturated rings. The predicted molar refractivity (Wildman–Crippen MR) is 65.2 cm³/mol. The molecule has 1 aliphatic rings. The maximum Gasteiger partial charge on any atom is 0.243 e. The van der Waals surface area contributed by atoms with Gasteiger partial charge in [0.1, 0.15) is 11.0 Å². The van der Waals surface area contributed by atoms with Gasteiger partial charge in [0, 0.05) is 18.8 Å². The maximum absolute atomic E-state index is 12.2. The first kappa shape index (κ1) is 13.0. The minimum absolute atomic E-state index is 0.0573. The van der Waals surface area contributed by atoms with Crippen LogP contribution in [0.5, 0.6) is 0 Å². The van der Waals surface area contributed by atoms with Crippen LogP contribution in [0.4, 0.5) is 0 Å². The molecule has 0 amide bonds. The molecule has 0 saturated carbocycles. The topological polar surface area (TPSA) is 94.9 Å². The number of hydrogen-bond acceptors (Lipinski definition) is 5. The lowest BCUT2D eigenvalue weighted by Gasteiger charge is -2.23. The summed E-state index contributed by atoms with van der Waals surface area (Å²) in [6.45, 7) is 1.52. The van der Waals surface area contributed by atoms with Crippen LogP contribution in [0, 0.1) is 11.3 Å². The van der Waals surface area contributed by atoms with Crippen LogP contribution in [0.25, 0.3) is 0 Å². The van der Waals surface area contributed by atoms with Crippen molar-refractivity contribution in [1.82, 2.24) is 15.0 Å². The van der Waals surface area contributed by atoms with Crippen LogP contribution in [-0.2, 0) is 10.0 Å². The second-order valence-electron chi connectivity index (χ2n) is 4.13. The number of nitrogens with one attached hydrogen (secondary N) is 2. The highest BCUT2D eigenvalue weighted by molar-refractivity contribution is 7.89. The zero-order chi connectivity index (χ0) is 13.0. The van der Waals surface area contributed by atoms with Crippen LogP contribution >= 0.6 is 0 Å². The maximum atomic E-state index is 12.2. The molecule has 18 heavy (non-hydrogen) atoms. The van der Waals surface area contributed by atoms with Gasteiger partial charge in [-0.05, 0) is 31.5 Å². The van der Waals surface area contributed by atoms with Crippen molar-refractivity contribution in [1.29, 1.82) is 5.26 Å². The van der Waals surface area contributed by atoms with Gasteiger partial charge in [0.25, 0.3) is 0 Å². The fourth-order valence-corrected chi connectivity index (χ4v) is 3.30. The Hall–Kier alpha value is -1.49. The van der Waals surface area contributed by atoms with Gasteiger partial charge in [-0.2, -0.15) is 5.26 Å². The van der Waals surface area contributed by atoms with E-state index >= 15 is 0 Å². The quantitative estimate of drug-likeness (QED) is 0.802. The number of piperidine rings is 1. The molecule has 1 aliphatic heterocycles. The normalized spacial score (nSPS) is 20.3. The van der Waals surface area contributed by atoms with Gasteiger partial charge in [0.15, 0.2) is 5.69 Å². The van der Waals surface area contributed by atoms with E-state index in [2.05, 4.69) is 15.0 Å². The molecule has 2 rings (SSSR count). The van der Waals surface area contributed by atoms with E-state index in [1.807, 2.05) is 0 Å². The highest BCUT2D eigenvalue weighted by atomic mass is 32.2. The Bertz CT molecular complexity index is 559. The summed E-state index contributed by atoms with van der Waals surface area (Å²) >= 11 is 0. The summed E-state index contributed by atoms with van der Waals surface area (Å²) in [5.41, 5.74) is -0.0752. The van der Waals surface area contributed by atoms with Gasteiger partial charge in [0.05, 0.1) is 0 Å². The Balaban J connectivity index is 2.22. The van der Waals surface area contributed by atoms with Crippen molar-refractivity contribution >= 4 is 10.0 Å². The average molecular weight is 266 g/mol. The number of nitrogens with zero attached hydrogens (tertiary/aromatic N) is 2. The van der Waals surface area contributed by atoms with E-state index in [0.717, 1.165) is 19.4 Å². The van der Waals surface area contributed by atoms with Gasteiger partial charge in [-0.1, -0.05) is 0 Å². The zero-order valence-corrected chi connectivity index (χ0v) is 10.6. The third-order valence-corrected chi connectivity index (χ3v) is 4.34. The molecular weight excluding hydrogens is 252 g/mol. The predicted octanol–water partition coefficient (Wildman–Crippen LogP) is -0.0164. The first-order valence-electron chi connectivity index (χ1n) is 5.71. The molecule has 1 saturated heterocycles. The van der Waals surface area contributed by atoms with Gasteiger partial charge in [0.2, 0.25) is 10.0 Å². The lowest BCUT2D eigenvalue weighted by Crippen LogP contribution is -2.45. The van der Waals surface area contributed by atoms with Crippen molar-refractivity contribution < 1.29 is 8.42 Å². The van der Waals surface area contributed by atoms with Crippen LogP contribution in [0.1, 0.15) is 18.5 Å². The molecule has 6 nitrogen and oxygen atoms in total. The van der Waals surface area contributed by atoms with Crippen molar-refractivity contribution in [3.05, 3.63) is 24.0 Å². The summed E-state index contributed by atoms with van der Waals surface area (Å²) < 4.78 is 26.9. The Morgan fingerprint density at radius 2 is 2.39 bits per heavy atom. The summed E-state index contributed by atoms with van der Waals surface area (Å²) in [5.74, 6) is 0. The molecule has 1 unspecified atom stereocenters. The second kappa shape index (κ2) is 5.44. The zero-order valence-electron chi connectivity index (χ0n) is 9.76. The summed E-state index contributed by atoms with van der Waals surface area (Å²) in [5, 5.41) is 12.0. The van der Waals surface area contributed by atoms with E-state index in [1.54, 1.807) is 6.07 Å². The minimum atomic E-state index is -3.68. The fourth-order valence-electron chi connectivity index (χ4n) is 1.93. The van der Waals surface area contributed by atoms with Crippen molar-refractivity contribution in [3.8, 4) is 6.07 Å². The molecule has 0 aromatic carbocycles. The minimum Gasteiger partial charge on any atom is -0.315 e. The van der Waals surface area contributed by atoms with Gasteiger partial charge >= 0.3 is 0 Å². The molecule has 1 atom stereocenters. The average Bonchev–Trinajstić information content (AvgIpc) is 2.39. The van der Waals surface area contributed by atoms with Crippen molar-refractivity contribution in [2.45, 2.75) is 23.8 Å². The Labute approximate surface area is 106 Å². The molecule has 0 bridgehead atoms. The summed E-state index contributed by atoms with van der Waals surface area (Å²) in [6, 6.07) is 4.57. The standard InChI is InChI=1S/C11H14N4O2S/c12-7-10-11(4-2-6-14-10)18(16,17)15-9-3-1-5-13-8-9/h2,4,6,9,13,15H,1,3,5,8H2. The molecular formula is C11H14N4O2S. The molecule has 1 aromatic heterocycles. The smallest absolute Gasteiger partial charge is 0.243 e. The monoisotopic (exact) mass is 266 g/mol. The number of pyridine rings is 1. The molecule has 7 heteroatoms. The molecule has 0 spiro atoms. The van der Waals surface area contributed by atoms with Crippen LogP contribution in [0.3, 0.4) is 0 Å². The highest BCUT2D eigenvalue weighted by Crippen LogP contribution is 2.13. The van der Waals surface area contributed by atoms with Crippen LogP contribution < -0.4 is 10.0 Å². The number of sulfonamides is 1. The van der Waals surface area contributed by atoms with Crippen LogP contribution in [0.15, 0.2) is 23.2 Å². The molecule has 2 heterocycles. The first-order chi connectivity index (χ1) is 8.63. The number of rotatable bonds is 3. The lowest BCUT2D eigenvalue weighted by molar-refractivity contribution is 0.428. The Morgan fingerprint density at radius 1 is 1.56 bits per heavy atom. The van der Waals surface area contributed by atoms with Gasteiger partial charge in [-0.25, -0.2) is 18.1 Å². The van der Waals surface area contributed by atoms with E-state index in [0.29, 0.717) is 6.54 Å². The van der Waals surface area contributed by atoms with Gasteiger partial charge in [-0.3, -0.25) is 0 Å². The van der Waals surface area contributed by atoms with Gasteiger partial charge < -0.3 is 5.32 Å². The lowest BCUT2D eigenvalue weighted by atomic mass is 10.1. The molecule has 96 valence electrons. The highest BCUT2D eigenvalue weighted by Gasteiger charge is 2.24. The molecule has 1 aromatic rings. The SMILES string of the molecule is N#Cc1ncccc1S(=O)(=O)NC1CCCNC1. The second-order valence-corrected chi connectivity index (χ2v) is 5.81. The first-order valence-corrected chi connectivity index (χ1v) is 7.20. The molecule has 0 radical (unpaired) electrons. The Morgan fingerprint density at radius 3 is 3.06 bits per heavy atom. The summed E-state index contributed by atoms with van der Waals surface area (Å²) in [4.78, 5) is 3.70. The summed E-state index contributed by atoms with van der Waals surface area (Å²) in [6.07, 6.45) is 3.14. The number of aromatic nitrogens is 1. The molecule has 0 aliphatic carbocycles. The van der Waals surface area contributed by atoms with Gasteiger partial charge in [-0.15, -0.1) is 0 Å². The summed E-state index contributed by atoms with van der Waals surface area (Å²) in [7, 11) is -3.68. The van der Waals surface area contributed by atoms with E-state index in [9.17, 15) is 8.42 Å². The van der Waals surface area contributed by atoms with E-state index in [1.165, 1.54) is 18.3 Å². The Kier molecular flexibility index (Phi) is 3.91. The fraction of sp³-hybridized carbons (Fsp3) is 0.455. The van der Waals surface area contributed by atoms with Crippen molar-refractivity contribution in [2.24, 2.45) is 0 Å².